The molecule has 1 amide bonds. The summed E-state index contributed by atoms with van der Waals surface area (Å²) < 4.78 is 16.3. The van der Waals surface area contributed by atoms with Crippen molar-refractivity contribution >= 4 is 11.6 Å². The van der Waals surface area contributed by atoms with Crippen LogP contribution in [0.1, 0.15) is 49.7 Å². The lowest BCUT2D eigenvalue weighted by molar-refractivity contribution is -0.118. The van der Waals surface area contributed by atoms with E-state index in [1.807, 2.05) is 24.3 Å². The molecule has 2 aliphatic rings. The molecule has 1 saturated heterocycles. The van der Waals surface area contributed by atoms with Crippen LogP contribution < -0.4 is 10.1 Å². The van der Waals surface area contributed by atoms with Gasteiger partial charge in [-0.15, -0.1) is 0 Å². The van der Waals surface area contributed by atoms with Crippen molar-refractivity contribution in [3.8, 4) is 5.75 Å². The normalized spacial score (nSPS) is 19.8. The average molecular weight is 343 g/mol. The Morgan fingerprint density at radius 3 is 2.80 bits per heavy atom. The Balaban J connectivity index is 1.25. The number of nitrogens with one attached hydrogen (secondary N) is 1. The Morgan fingerprint density at radius 1 is 1.24 bits per heavy atom. The van der Waals surface area contributed by atoms with Crippen molar-refractivity contribution < 1.29 is 18.8 Å². The summed E-state index contributed by atoms with van der Waals surface area (Å²) >= 11 is 0. The van der Waals surface area contributed by atoms with Gasteiger partial charge in [-0.2, -0.15) is 4.98 Å². The third-order valence-corrected chi connectivity index (χ3v) is 4.35. The van der Waals surface area contributed by atoms with Gasteiger partial charge in [-0.25, -0.2) is 0 Å². The van der Waals surface area contributed by atoms with Crippen LogP contribution in [0.5, 0.6) is 5.75 Å². The first-order valence-corrected chi connectivity index (χ1v) is 8.73. The van der Waals surface area contributed by atoms with Crippen molar-refractivity contribution in [2.24, 2.45) is 0 Å². The van der Waals surface area contributed by atoms with Crippen molar-refractivity contribution in [1.29, 1.82) is 0 Å². The highest BCUT2D eigenvalue weighted by atomic mass is 16.5. The van der Waals surface area contributed by atoms with Gasteiger partial charge in [0.1, 0.15) is 5.75 Å². The molecule has 2 heterocycles. The molecular weight excluding hydrogens is 322 g/mol. The van der Waals surface area contributed by atoms with Gasteiger partial charge < -0.3 is 19.3 Å². The molecule has 1 aliphatic heterocycles. The molecule has 1 saturated carbocycles. The maximum Gasteiger partial charge on any atom is 0.229 e. The number of rotatable bonds is 7. The number of hydrogen-bond acceptors (Lipinski definition) is 6. The predicted octanol–water partition coefficient (Wildman–Crippen LogP) is 3.03. The fourth-order valence-electron chi connectivity index (χ4n) is 2.83. The highest BCUT2D eigenvalue weighted by molar-refractivity contribution is 5.91. The maximum atomic E-state index is 12.0. The number of anilines is 1. The summed E-state index contributed by atoms with van der Waals surface area (Å²) in [4.78, 5) is 16.3. The van der Waals surface area contributed by atoms with Crippen LogP contribution in [0.3, 0.4) is 0 Å². The number of hydrogen-bond donors (Lipinski definition) is 1. The van der Waals surface area contributed by atoms with Crippen LogP contribution >= 0.6 is 0 Å². The molecule has 1 aromatic carbocycles. The first-order valence-electron chi connectivity index (χ1n) is 8.73. The summed E-state index contributed by atoms with van der Waals surface area (Å²) in [6, 6.07) is 7.25. The molecule has 0 spiro atoms. The monoisotopic (exact) mass is 343 g/mol. The summed E-state index contributed by atoms with van der Waals surface area (Å²) in [5.74, 6) is 2.37. The topological polar surface area (TPSA) is 86.5 Å². The zero-order valence-corrected chi connectivity index (χ0v) is 13.9. The van der Waals surface area contributed by atoms with Crippen molar-refractivity contribution in [1.82, 2.24) is 10.1 Å². The van der Waals surface area contributed by atoms with Crippen LogP contribution in [0.25, 0.3) is 0 Å². The number of nitrogens with zero attached hydrogens (tertiary/aromatic N) is 2. The number of carbonyl (C=O) groups excluding carboxylic acids is 1. The smallest absolute Gasteiger partial charge is 0.229 e. The fourth-order valence-corrected chi connectivity index (χ4v) is 2.83. The number of amides is 1. The Kier molecular flexibility index (Phi) is 4.65. The molecule has 0 bridgehead atoms. The quantitative estimate of drug-likeness (QED) is 0.831. The first-order chi connectivity index (χ1) is 12.3. The molecular formula is C18H21N3O4. The second kappa shape index (κ2) is 7.23. The van der Waals surface area contributed by atoms with Gasteiger partial charge in [0.25, 0.3) is 0 Å². The predicted molar refractivity (Wildman–Crippen MR) is 89.3 cm³/mol. The summed E-state index contributed by atoms with van der Waals surface area (Å²) in [5.41, 5.74) is 0.742. The second-order valence-electron chi connectivity index (χ2n) is 6.52. The average Bonchev–Trinajstić information content (AvgIpc) is 3.14. The van der Waals surface area contributed by atoms with Gasteiger partial charge in [0.05, 0.1) is 12.5 Å². The standard InChI is InChI=1S/C18H21N3O4/c22-17(10-15-2-1-9-23-15)19-13-5-7-14(8-6-13)24-11-16-20-18(25-21-16)12-3-4-12/h5-8,12,15H,1-4,9-11H2,(H,19,22)/t15-/m1/s1. The summed E-state index contributed by atoms with van der Waals surface area (Å²) in [5, 5.41) is 6.80. The highest BCUT2D eigenvalue weighted by Gasteiger charge is 2.29. The molecule has 1 aliphatic carbocycles. The van der Waals surface area contributed by atoms with Gasteiger partial charge in [0.2, 0.25) is 17.6 Å². The fraction of sp³-hybridized carbons (Fsp3) is 0.500. The van der Waals surface area contributed by atoms with Gasteiger partial charge >= 0.3 is 0 Å². The lowest BCUT2D eigenvalue weighted by atomic mass is 10.2. The number of aromatic nitrogens is 2. The molecule has 4 rings (SSSR count). The molecule has 2 aromatic rings. The molecule has 0 radical (unpaired) electrons. The molecule has 132 valence electrons. The van der Waals surface area contributed by atoms with E-state index in [-0.39, 0.29) is 18.6 Å². The van der Waals surface area contributed by atoms with Gasteiger partial charge in [-0.1, -0.05) is 5.16 Å². The van der Waals surface area contributed by atoms with Gasteiger partial charge in [0.15, 0.2) is 6.61 Å². The Labute approximate surface area is 145 Å². The number of ether oxygens (including phenoxy) is 2. The summed E-state index contributed by atoms with van der Waals surface area (Å²) in [7, 11) is 0. The third-order valence-electron chi connectivity index (χ3n) is 4.35. The van der Waals surface area contributed by atoms with Crippen molar-refractivity contribution in [3.63, 3.8) is 0 Å². The van der Waals surface area contributed by atoms with Gasteiger partial charge in [-0.05, 0) is 49.9 Å². The van der Waals surface area contributed by atoms with E-state index < -0.39 is 0 Å². The second-order valence-corrected chi connectivity index (χ2v) is 6.52. The Morgan fingerprint density at radius 2 is 2.08 bits per heavy atom. The van der Waals surface area contributed by atoms with Crippen molar-refractivity contribution in [2.45, 2.75) is 50.7 Å². The largest absolute Gasteiger partial charge is 0.485 e. The van der Waals surface area contributed by atoms with Gasteiger partial charge in [0, 0.05) is 18.2 Å². The molecule has 1 N–H and O–H groups in total. The molecule has 7 nitrogen and oxygen atoms in total. The van der Waals surface area contributed by atoms with Crippen molar-refractivity contribution in [3.05, 3.63) is 36.0 Å². The lowest BCUT2D eigenvalue weighted by Gasteiger charge is -2.10. The summed E-state index contributed by atoms with van der Waals surface area (Å²) in [6.07, 6.45) is 4.70. The molecule has 1 aromatic heterocycles. The van der Waals surface area contributed by atoms with Crippen LogP contribution in [0, 0.1) is 0 Å². The lowest BCUT2D eigenvalue weighted by Crippen LogP contribution is -2.19. The zero-order valence-electron chi connectivity index (χ0n) is 13.9. The minimum absolute atomic E-state index is 0.0278. The highest BCUT2D eigenvalue weighted by Crippen LogP contribution is 2.38. The third kappa shape index (κ3) is 4.36. The van der Waals surface area contributed by atoms with Crippen LogP contribution in [0.2, 0.25) is 0 Å². The molecule has 1 atom stereocenters. The van der Waals surface area contributed by atoms with E-state index in [9.17, 15) is 4.79 Å². The Bertz CT molecular complexity index is 718. The number of carbonyl (C=O) groups is 1. The zero-order chi connectivity index (χ0) is 17.1. The van der Waals surface area contributed by atoms with E-state index in [1.54, 1.807) is 0 Å². The molecule has 0 unspecified atom stereocenters. The van der Waals surface area contributed by atoms with Crippen LogP contribution in [0.4, 0.5) is 5.69 Å². The minimum Gasteiger partial charge on any atom is -0.485 e. The van der Waals surface area contributed by atoms with Crippen LogP contribution in [0.15, 0.2) is 28.8 Å². The number of benzene rings is 1. The SMILES string of the molecule is O=C(C[C@H]1CCCO1)Nc1ccc(OCc2noc(C3CC3)n2)cc1. The van der Waals surface area contributed by atoms with E-state index in [4.69, 9.17) is 14.0 Å². The van der Waals surface area contributed by atoms with E-state index in [2.05, 4.69) is 15.5 Å². The van der Waals surface area contributed by atoms with E-state index in [0.717, 1.165) is 38.0 Å². The van der Waals surface area contributed by atoms with E-state index in [1.165, 1.54) is 0 Å². The summed E-state index contributed by atoms with van der Waals surface area (Å²) in [6.45, 7) is 1.02. The molecule has 25 heavy (non-hydrogen) atoms. The first kappa shape index (κ1) is 16.1. The van der Waals surface area contributed by atoms with Gasteiger partial charge in [-0.3, -0.25) is 4.79 Å². The van der Waals surface area contributed by atoms with Crippen LogP contribution in [-0.2, 0) is 16.1 Å². The van der Waals surface area contributed by atoms with E-state index >= 15 is 0 Å². The van der Waals surface area contributed by atoms with Crippen LogP contribution in [-0.4, -0.2) is 28.8 Å². The molecule has 2 fully saturated rings. The minimum atomic E-state index is -0.0278. The Hall–Kier alpha value is -2.41. The van der Waals surface area contributed by atoms with Crippen molar-refractivity contribution in [2.75, 3.05) is 11.9 Å². The molecule has 7 heteroatoms. The van der Waals surface area contributed by atoms with E-state index in [0.29, 0.717) is 29.8 Å². The maximum absolute atomic E-state index is 12.0.